The van der Waals surface area contributed by atoms with Crippen LogP contribution in [0.15, 0.2) is 18.2 Å². The van der Waals surface area contributed by atoms with Crippen molar-refractivity contribution in [3.8, 4) is 5.75 Å². The summed E-state index contributed by atoms with van der Waals surface area (Å²) in [7, 11) is 1.62. The second-order valence-electron chi connectivity index (χ2n) is 3.05. The summed E-state index contributed by atoms with van der Waals surface area (Å²) in [6.07, 6.45) is 0. The van der Waals surface area contributed by atoms with E-state index >= 15 is 0 Å². The van der Waals surface area contributed by atoms with Gasteiger partial charge in [0.1, 0.15) is 11.6 Å². The molecule has 14 heavy (non-hydrogen) atoms. The van der Waals surface area contributed by atoms with Crippen LogP contribution in [0.4, 0.5) is 5.82 Å². The lowest BCUT2D eigenvalue weighted by atomic mass is 10.2. The Morgan fingerprint density at radius 1 is 1.21 bits per heavy atom. The molecule has 0 saturated heterocycles. The number of hydrogen-bond acceptors (Lipinski definition) is 4. The van der Waals surface area contributed by atoms with Crippen molar-refractivity contribution >= 4 is 16.9 Å². The molecule has 1 aromatic carbocycles. The minimum Gasteiger partial charge on any atom is -0.497 e. The first-order chi connectivity index (χ1) is 6.70. The Kier molecular flexibility index (Phi) is 1.96. The van der Waals surface area contributed by atoms with Crippen LogP contribution in [0.25, 0.3) is 11.0 Å². The molecule has 0 saturated carbocycles. The molecule has 0 radical (unpaired) electrons. The molecule has 0 aliphatic heterocycles. The van der Waals surface area contributed by atoms with Gasteiger partial charge in [-0.1, -0.05) is 0 Å². The summed E-state index contributed by atoms with van der Waals surface area (Å²) in [6.45, 7) is 1.84. The minimum absolute atomic E-state index is 0.464. The van der Waals surface area contributed by atoms with E-state index in [0.717, 1.165) is 22.5 Å². The number of rotatable bonds is 1. The third kappa shape index (κ3) is 1.35. The first-order valence-electron chi connectivity index (χ1n) is 4.28. The Morgan fingerprint density at radius 2 is 2.00 bits per heavy atom. The molecule has 2 aromatic rings. The van der Waals surface area contributed by atoms with Gasteiger partial charge in [0.25, 0.3) is 0 Å². The van der Waals surface area contributed by atoms with Crippen LogP contribution in [-0.2, 0) is 0 Å². The molecule has 0 amide bonds. The van der Waals surface area contributed by atoms with Crippen molar-refractivity contribution in [1.82, 2.24) is 9.97 Å². The quantitative estimate of drug-likeness (QED) is 0.739. The van der Waals surface area contributed by atoms with Crippen LogP contribution in [0.5, 0.6) is 5.75 Å². The first kappa shape index (κ1) is 8.74. The Balaban J connectivity index is 2.70. The Bertz CT molecular complexity index is 482. The molecule has 4 heteroatoms. The van der Waals surface area contributed by atoms with Gasteiger partial charge in [-0.15, -0.1) is 0 Å². The van der Waals surface area contributed by atoms with E-state index in [0.29, 0.717) is 5.82 Å². The lowest BCUT2D eigenvalue weighted by Crippen LogP contribution is -1.97. The van der Waals surface area contributed by atoms with Crippen molar-refractivity contribution < 1.29 is 4.74 Å². The van der Waals surface area contributed by atoms with Gasteiger partial charge in [0.15, 0.2) is 0 Å². The summed E-state index contributed by atoms with van der Waals surface area (Å²) in [5.74, 6) is 1.22. The number of aryl methyl sites for hydroxylation is 1. The third-order valence-electron chi connectivity index (χ3n) is 2.08. The van der Waals surface area contributed by atoms with Gasteiger partial charge in [-0.3, -0.25) is 0 Å². The van der Waals surface area contributed by atoms with Gasteiger partial charge >= 0.3 is 0 Å². The molecule has 0 spiro atoms. The van der Waals surface area contributed by atoms with Crippen LogP contribution in [0.2, 0.25) is 0 Å². The summed E-state index contributed by atoms with van der Waals surface area (Å²) in [5.41, 5.74) is 8.00. The lowest BCUT2D eigenvalue weighted by Gasteiger charge is -2.03. The average molecular weight is 189 g/mol. The smallest absolute Gasteiger partial charge is 0.145 e. The lowest BCUT2D eigenvalue weighted by molar-refractivity contribution is 0.415. The van der Waals surface area contributed by atoms with Gasteiger partial charge in [0.05, 0.1) is 23.8 Å². The third-order valence-corrected chi connectivity index (χ3v) is 2.08. The highest BCUT2D eigenvalue weighted by molar-refractivity contribution is 5.77. The fourth-order valence-electron chi connectivity index (χ4n) is 1.26. The molecular weight excluding hydrogens is 178 g/mol. The summed E-state index contributed by atoms with van der Waals surface area (Å²) in [5, 5.41) is 0. The SMILES string of the molecule is COc1ccc2nc(C)c(N)nc2c1. The van der Waals surface area contributed by atoms with Crippen LogP contribution in [0, 0.1) is 6.92 Å². The second-order valence-corrected chi connectivity index (χ2v) is 3.05. The topological polar surface area (TPSA) is 61.0 Å². The van der Waals surface area contributed by atoms with Gasteiger partial charge in [-0.05, 0) is 19.1 Å². The molecule has 0 atom stereocenters. The van der Waals surface area contributed by atoms with Crippen LogP contribution < -0.4 is 10.5 Å². The Labute approximate surface area is 81.7 Å². The molecule has 0 aliphatic rings. The van der Waals surface area contributed by atoms with Gasteiger partial charge in [-0.2, -0.15) is 0 Å². The van der Waals surface area contributed by atoms with Gasteiger partial charge in [0, 0.05) is 6.07 Å². The highest BCUT2D eigenvalue weighted by Crippen LogP contribution is 2.19. The molecule has 4 nitrogen and oxygen atoms in total. The van der Waals surface area contributed by atoms with Crippen molar-refractivity contribution in [3.63, 3.8) is 0 Å². The van der Waals surface area contributed by atoms with E-state index in [1.807, 2.05) is 25.1 Å². The van der Waals surface area contributed by atoms with E-state index in [-0.39, 0.29) is 0 Å². The second kappa shape index (κ2) is 3.14. The van der Waals surface area contributed by atoms with E-state index in [2.05, 4.69) is 9.97 Å². The van der Waals surface area contributed by atoms with Crippen molar-refractivity contribution in [2.45, 2.75) is 6.92 Å². The number of nitrogen functional groups attached to an aromatic ring is 1. The highest BCUT2D eigenvalue weighted by atomic mass is 16.5. The van der Waals surface area contributed by atoms with E-state index in [4.69, 9.17) is 10.5 Å². The molecule has 0 fully saturated rings. The Hall–Kier alpha value is -1.84. The van der Waals surface area contributed by atoms with Gasteiger partial charge in [-0.25, -0.2) is 9.97 Å². The number of aromatic nitrogens is 2. The fraction of sp³-hybridized carbons (Fsp3) is 0.200. The molecule has 1 heterocycles. The van der Waals surface area contributed by atoms with Crippen LogP contribution in [0.3, 0.4) is 0 Å². The number of benzene rings is 1. The highest BCUT2D eigenvalue weighted by Gasteiger charge is 2.02. The minimum atomic E-state index is 0.464. The summed E-state index contributed by atoms with van der Waals surface area (Å²) < 4.78 is 5.08. The molecule has 72 valence electrons. The van der Waals surface area contributed by atoms with Crippen LogP contribution >= 0.6 is 0 Å². The molecule has 0 aliphatic carbocycles. The van der Waals surface area contributed by atoms with Gasteiger partial charge < -0.3 is 10.5 Å². The maximum absolute atomic E-state index is 5.66. The maximum atomic E-state index is 5.66. The van der Waals surface area contributed by atoms with Crippen molar-refractivity contribution in [2.75, 3.05) is 12.8 Å². The standard InChI is InChI=1S/C10H11N3O/c1-6-10(11)13-9-5-7(14-2)3-4-8(9)12-6/h3-5H,1-2H3,(H2,11,13). The van der Waals surface area contributed by atoms with E-state index in [1.54, 1.807) is 7.11 Å². The number of fused-ring (bicyclic) bond motifs is 1. The molecule has 2 rings (SSSR count). The number of ether oxygens (including phenoxy) is 1. The summed E-state index contributed by atoms with van der Waals surface area (Å²) in [6, 6.07) is 5.54. The molecule has 2 N–H and O–H groups in total. The number of anilines is 1. The number of hydrogen-bond donors (Lipinski definition) is 1. The zero-order chi connectivity index (χ0) is 10.1. The largest absolute Gasteiger partial charge is 0.497 e. The number of nitrogens with two attached hydrogens (primary N) is 1. The summed E-state index contributed by atoms with van der Waals surface area (Å²) in [4.78, 5) is 8.53. The normalized spacial score (nSPS) is 10.4. The molecule has 1 aromatic heterocycles. The maximum Gasteiger partial charge on any atom is 0.145 e. The summed E-state index contributed by atoms with van der Waals surface area (Å²) >= 11 is 0. The zero-order valence-corrected chi connectivity index (χ0v) is 8.11. The Morgan fingerprint density at radius 3 is 2.71 bits per heavy atom. The average Bonchev–Trinajstić information content (AvgIpc) is 2.19. The molecule has 0 unspecified atom stereocenters. The molecular formula is C10H11N3O. The fourth-order valence-corrected chi connectivity index (χ4v) is 1.26. The van der Waals surface area contributed by atoms with E-state index < -0.39 is 0 Å². The number of nitrogens with zero attached hydrogens (tertiary/aromatic N) is 2. The van der Waals surface area contributed by atoms with E-state index in [9.17, 15) is 0 Å². The van der Waals surface area contributed by atoms with Gasteiger partial charge in [0.2, 0.25) is 0 Å². The number of methoxy groups -OCH3 is 1. The molecule has 0 bridgehead atoms. The monoisotopic (exact) mass is 189 g/mol. The van der Waals surface area contributed by atoms with E-state index in [1.165, 1.54) is 0 Å². The first-order valence-corrected chi connectivity index (χ1v) is 4.28. The van der Waals surface area contributed by atoms with Crippen molar-refractivity contribution in [3.05, 3.63) is 23.9 Å². The van der Waals surface area contributed by atoms with Crippen molar-refractivity contribution in [1.29, 1.82) is 0 Å². The predicted octanol–water partition coefficient (Wildman–Crippen LogP) is 1.53. The predicted molar refractivity (Wildman–Crippen MR) is 55.2 cm³/mol. The van der Waals surface area contributed by atoms with Crippen LogP contribution in [0.1, 0.15) is 5.69 Å². The zero-order valence-electron chi connectivity index (χ0n) is 8.11. The van der Waals surface area contributed by atoms with Crippen LogP contribution in [-0.4, -0.2) is 17.1 Å². The van der Waals surface area contributed by atoms with Crippen molar-refractivity contribution in [2.24, 2.45) is 0 Å².